The number of anilines is 1. The summed E-state index contributed by atoms with van der Waals surface area (Å²) in [7, 11) is 0. The van der Waals surface area contributed by atoms with Crippen molar-refractivity contribution in [3.8, 4) is 11.5 Å². The van der Waals surface area contributed by atoms with Crippen molar-refractivity contribution in [3.63, 3.8) is 0 Å². The summed E-state index contributed by atoms with van der Waals surface area (Å²) in [5.41, 5.74) is 1.35. The highest BCUT2D eigenvalue weighted by molar-refractivity contribution is 8.15. The van der Waals surface area contributed by atoms with Gasteiger partial charge < -0.3 is 20.1 Å². The number of nitrogens with zero attached hydrogens (tertiary/aromatic N) is 1. The molecule has 2 heterocycles. The second kappa shape index (κ2) is 8.31. The summed E-state index contributed by atoms with van der Waals surface area (Å²) < 4.78 is 11.1. The predicted octanol–water partition coefficient (Wildman–Crippen LogP) is 3.86. The van der Waals surface area contributed by atoms with Crippen LogP contribution in [0.2, 0.25) is 0 Å². The third-order valence-electron chi connectivity index (χ3n) is 4.94. The first-order valence-corrected chi connectivity index (χ1v) is 10.8. The minimum Gasteiger partial charge on any atom is -0.486 e. The van der Waals surface area contributed by atoms with Crippen molar-refractivity contribution in [2.45, 2.75) is 11.7 Å². The number of hydrogen-bond acceptors (Lipinski definition) is 6. The predicted molar refractivity (Wildman–Crippen MR) is 121 cm³/mol. The highest BCUT2D eigenvalue weighted by atomic mass is 32.2. The molecule has 0 bridgehead atoms. The maximum absolute atomic E-state index is 12.5. The van der Waals surface area contributed by atoms with Gasteiger partial charge in [0.2, 0.25) is 11.8 Å². The van der Waals surface area contributed by atoms with Gasteiger partial charge in [0.25, 0.3) is 0 Å². The molecule has 3 aromatic rings. The van der Waals surface area contributed by atoms with Gasteiger partial charge in [-0.15, -0.1) is 0 Å². The molecular formula is C23H19N3O4S. The first-order chi connectivity index (χ1) is 15.1. The van der Waals surface area contributed by atoms with E-state index in [1.54, 1.807) is 18.2 Å². The lowest BCUT2D eigenvalue weighted by Gasteiger charge is -2.18. The summed E-state index contributed by atoms with van der Waals surface area (Å²) >= 11 is 1.25. The number of amidine groups is 1. The highest BCUT2D eigenvalue weighted by Crippen LogP contribution is 2.34. The SMILES string of the molecule is O=C(CC1SC(=Nc2ccc3c(c2)OCCO3)NC1=O)Nc1ccc2ccccc2c1. The van der Waals surface area contributed by atoms with Gasteiger partial charge in [0.05, 0.1) is 5.69 Å². The summed E-state index contributed by atoms with van der Waals surface area (Å²) in [5.74, 6) is 0.869. The molecule has 8 heteroatoms. The second-order valence-corrected chi connectivity index (χ2v) is 8.35. The average Bonchev–Trinajstić information content (AvgIpc) is 3.11. The number of carbonyl (C=O) groups excluding carboxylic acids is 2. The number of nitrogens with one attached hydrogen (secondary N) is 2. The molecule has 1 atom stereocenters. The first kappa shape index (κ1) is 19.4. The molecule has 2 aliphatic heterocycles. The number of hydrogen-bond donors (Lipinski definition) is 2. The van der Waals surface area contributed by atoms with E-state index >= 15 is 0 Å². The van der Waals surface area contributed by atoms with E-state index in [1.165, 1.54) is 11.8 Å². The molecule has 0 aromatic heterocycles. The van der Waals surface area contributed by atoms with Crippen molar-refractivity contribution in [2.24, 2.45) is 4.99 Å². The fourth-order valence-electron chi connectivity index (χ4n) is 3.46. The van der Waals surface area contributed by atoms with Gasteiger partial charge in [0.15, 0.2) is 16.7 Å². The average molecular weight is 433 g/mol. The van der Waals surface area contributed by atoms with E-state index in [0.29, 0.717) is 41.3 Å². The van der Waals surface area contributed by atoms with E-state index in [0.717, 1.165) is 10.8 Å². The van der Waals surface area contributed by atoms with E-state index in [1.807, 2.05) is 42.5 Å². The quantitative estimate of drug-likeness (QED) is 0.652. The van der Waals surface area contributed by atoms with Crippen molar-refractivity contribution in [2.75, 3.05) is 18.5 Å². The summed E-state index contributed by atoms with van der Waals surface area (Å²) in [6.07, 6.45) is 0.0590. The van der Waals surface area contributed by atoms with Gasteiger partial charge >= 0.3 is 0 Å². The molecule has 0 saturated carbocycles. The van der Waals surface area contributed by atoms with Crippen molar-refractivity contribution in [3.05, 3.63) is 60.7 Å². The highest BCUT2D eigenvalue weighted by Gasteiger charge is 2.32. The van der Waals surface area contributed by atoms with Crippen LogP contribution in [-0.4, -0.2) is 35.4 Å². The molecule has 1 unspecified atom stereocenters. The molecular weight excluding hydrogens is 414 g/mol. The van der Waals surface area contributed by atoms with Crippen LogP contribution in [0.3, 0.4) is 0 Å². The number of ether oxygens (including phenoxy) is 2. The molecule has 1 fully saturated rings. The van der Waals surface area contributed by atoms with Gasteiger partial charge in [-0.2, -0.15) is 0 Å². The van der Waals surface area contributed by atoms with Crippen LogP contribution in [0, 0.1) is 0 Å². The fourth-order valence-corrected chi connectivity index (χ4v) is 4.45. The van der Waals surface area contributed by atoms with E-state index in [2.05, 4.69) is 15.6 Å². The van der Waals surface area contributed by atoms with E-state index in [9.17, 15) is 9.59 Å². The maximum Gasteiger partial charge on any atom is 0.240 e. The maximum atomic E-state index is 12.5. The Bertz CT molecular complexity index is 1210. The molecule has 2 amide bonds. The zero-order valence-corrected chi connectivity index (χ0v) is 17.3. The molecule has 0 radical (unpaired) electrons. The van der Waals surface area contributed by atoms with Crippen LogP contribution in [0.15, 0.2) is 65.7 Å². The van der Waals surface area contributed by atoms with E-state index in [-0.39, 0.29) is 18.2 Å². The molecule has 1 saturated heterocycles. The zero-order chi connectivity index (χ0) is 21.2. The third-order valence-corrected chi connectivity index (χ3v) is 6.02. The van der Waals surface area contributed by atoms with Crippen LogP contribution in [0.4, 0.5) is 11.4 Å². The van der Waals surface area contributed by atoms with Crippen molar-refractivity contribution in [1.29, 1.82) is 0 Å². The number of fused-ring (bicyclic) bond motifs is 2. The summed E-state index contributed by atoms with van der Waals surface area (Å²) in [5, 5.41) is 7.70. The number of rotatable bonds is 4. The van der Waals surface area contributed by atoms with Gasteiger partial charge in [-0.05, 0) is 35.0 Å². The Hall–Kier alpha value is -3.52. The van der Waals surface area contributed by atoms with E-state index in [4.69, 9.17) is 9.47 Å². The molecule has 2 aliphatic rings. The largest absolute Gasteiger partial charge is 0.486 e. The number of amides is 2. The molecule has 0 spiro atoms. The first-order valence-electron chi connectivity index (χ1n) is 9.88. The lowest BCUT2D eigenvalue weighted by Crippen LogP contribution is -2.28. The molecule has 2 N–H and O–H groups in total. The number of aliphatic imine (C=N–C) groups is 1. The number of benzene rings is 3. The Kier molecular flexibility index (Phi) is 5.21. The minimum atomic E-state index is -0.531. The summed E-state index contributed by atoms with van der Waals surface area (Å²) in [6.45, 7) is 1.02. The van der Waals surface area contributed by atoms with Gasteiger partial charge in [-0.3, -0.25) is 9.59 Å². The van der Waals surface area contributed by atoms with Crippen LogP contribution >= 0.6 is 11.8 Å². The van der Waals surface area contributed by atoms with Gasteiger partial charge in [-0.1, -0.05) is 42.1 Å². The topological polar surface area (TPSA) is 89.0 Å². The standard InChI is InChI=1S/C23H19N3O4S/c27-21(24-16-6-5-14-3-1-2-4-15(14)11-16)13-20-22(28)26-23(31-20)25-17-7-8-18-19(12-17)30-10-9-29-18/h1-8,11-12,20H,9-10,13H2,(H,24,27)(H,25,26,28). The molecule has 3 aromatic carbocycles. The lowest BCUT2D eigenvalue weighted by molar-refractivity contribution is -0.122. The third kappa shape index (κ3) is 4.34. The molecule has 156 valence electrons. The van der Waals surface area contributed by atoms with Crippen LogP contribution in [0.5, 0.6) is 11.5 Å². The van der Waals surface area contributed by atoms with Crippen LogP contribution in [-0.2, 0) is 9.59 Å². The van der Waals surface area contributed by atoms with E-state index < -0.39 is 5.25 Å². The molecule has 0 aliphatic carbocycles. The smallest absolute Gasteiger partial charge is 0.240 e. The Morgan fingerprint density at radius 1 is 1.03 bits per heavy atom. The number of carbonyl (C=O) groups is 2. The molecule has 31 heavy (non-hydrogen) atoms. The Morgan fingerprint density at radius 2 is 1.84 bits per heavy atom. The van der Waals surface area contributed by atoms with Crippen LogP contribution in [0.25, 0.3) is 10.8 Å². The monoisotopic (exact) mass is 433 g/mol. The normalized spacial score (nSPS) is 18.8. The van der Waals surface area contributed by atoms with Crippen molar-refractivity contribution in [1.82, 2.24) is 5.32 Å². The number of thioether (sulfide) groups is 1. The van der Waals surface area contributed by atoms with Crippen LogP contribution < -0.4 is 20.1 Å². The summed E-state index contributed by atoms with van der Waals surface area (Å²) in [4.78, 5) is 29.3. The Morgan fingerprint density at radius 3 is 2.71 bits per heavy atom. The second-order valence-electron chi connectivity index (χ2n) is 7.15. The zero-order valence-electron chi connectivity index (χ0n) is 16.5. The Balaban J connectivity index is 1.23. The van der Waals surface area contributed by atoms with Gasteiger partial charge in [0, 0.05) is 18.2 Å². The lowest BCUT2D eigenvalue weighted by atomic mass is 10.1. The molecule has 5 rings (SSSR count). The minimum absolute atomic E-state index is 0.0590. The summed E-state index contributed by atoms with van der Waals surface area (Å²) in [6, 6.07) is 19.0. The van der Waals surface area contributed by atoms with Gasteiger partial charge in [0.1, 0.15) is 18.5 Å². The Labute approximate surface area is 182 Å². The molecule has 7 nitrogen and oxygen atoms in total. The van der Waals surface area contributed by atoms with Crippen LogP contribution in [0.1, 0.15) is 6.42 Å². The van der Waals surface area contributed by atoms with Crippen molar-refractivity contribution < 1.29 is 19.1 Å². The fraction of sp³-hybridized carbons (Fsp3) is 0.174. The van der Waals surface area contributed by atoms with Gasteiger partial charge in [-0.25, -0.2) is 4.99 Å². The van der Waals surface area contributed by atoms with Crippen molar-refractivity contribution >= 4 is 50.9 Å².